The number of benzene rings is 1. The second-order valence-corrected chi connectivity index (χ2v) is 8.86. The molecule has 6 heteroatoms. The lowest BCUT2D eigenvalue weighted by atomic mass is 10.1. The van der Waals surface area contributed by atoms with Crippen molar-refractivity contribution in [1.82, 2.24) is 10.2 Å². The normalized spacial score (nSPS) is 17.2. The van der Waals surface area contributed by atoms with E-state index in [0.717, 1.165) is 11.1 Å². The van der Waals surface area contributed by atoms with Crippen molar-refractivity contribution in [2.75, 3.05) is 6.54 Å². The highest BCUT2D eigenvalue weighted by atomic mass is 32.2. The third kappa shape index (κ3) is 6.11. The minimum absolute atomic E-state index is 0.0873. The summed E-state index contributed by atoms with van der Waals surface area (Å²) in [5, 5.41) is 2.89. The van der Waals surface area contributed by atoms with Crippen LogP contribution in [0.2, 0.25) is 0 Å². The zero-order valence-electron chi connectivity index (χ0n) is 15.5. The quantitative estimate of drug-likeness (QED) is 0.608. The summed E-state index contributed by atoms with van der Waals surface area (Å²) in [6.45, 7) is 8.03. The first-order valence-corrected chi connectivity index (χ1v) is 9.68. The maximum atomic E-state index is 12.6. The van der Waals surface area contributed by atoms with E-state index >= 15 is 0 Å². The minimum atomic E-state index is -0.286. The maximum Gasteiger partial charge on any atom is 0.266 e. The lowest BCUT2D eigenvalue weighted by Gasteiger charge is -2.21. The van der Waals surface area contributed by atoms with Gasteiger partial charge in [-0.15, -0.1) is 0 Å². The molecule has 0 atom stereocenters. The van der Waals surface area contributed by atoms with Gasteiger partial charge in [-0.05, 0) is 44.9 Å². The van der Waals surface area contributed by atoms with Gasteiger partial charge in [-0.1, -0.05) is 60.4 Å². The monoisotopic (exact) mass is 388 g/mol. The van der Waals surface area contributed by atoms with Crippen molar-refractivity contribution in [2.45, 2.75) is 39.7 Å². The number of thiocarbonyl (C=S) groups is 1. The summed E-state index contributed by atoms with van der Waals surface area (Å²) in [6, 6.07) is 9.93. The Bertz CT molecular complexity index is 762. The zero-order valence-corrected chi connectivity index (χ0v) is 17.2. The number of nitrogens with one attached hydrogen (secondary N) is 1. The molecule has 138 valence electrons. The molecule has 1 heterocycles. The highest BCUT2D eigenvalue weighted by Gasteiger charge is 2.32. The Hall–Kier alpha value is -1.92. The molecule has 2 rings (SSSR count). The molecule has 0 aliphatic carbocycles. The van der Waals surface area contributed by atoms with Crippen molar-refractivity contribution in [2.24, 2.45) is 0 Å². The Morgan fingerprint density at radius 1 is 1.27 bits per heavy atom. The molecule has 0 saturated carbocycles. The number of nitrogens with zero attached hydrogens (tertiary/aromatic N) is 1. The fraction of sp³-hybridized carbons (Fsp3) is 0.350. The van der Waals surface area contributed by atoms with E-state index in [1.165, 1.54) is 16.7 Å². The second kappa shape index (κ2) is 8.64. The van der Waals surface area contributed by atoms with Crippen LogP contribution in [0.25, 0.3) is 6.08 Å². The van der Waals surface area contributed by atoms with Gasteiger partial charge in [0, 0.05) is 18.5 Å². The Morgan fingerprint density at radius 3 is 2.54 bits per heavy atom. The molecule has 1 aromatic carbocycles. The Kier molecular flexibility index (Phi) is 6.78. The number of thioether (sulfide) groups is 1. The molecule has 1 saturated heterocycles. The van der Waals surface area contributed by atoms with Crippen LogP contribution in [0.4, 0.5) is 0 Å². The van der Waals surface area contributed by atoms with Crippen LogP contribution in [0.3, 0.4) is 0 Å². The van der Waals surface area contributed by atoms with Crippen LogP contribution >= 0.6 is 24.0 Å². The molecule has 4 nitrogen and oxygen atoms in total. The van der Waals surface area contributed by atoms with Crippen LogP contribution in [0.15, 0.2) is 46.9 Å². The van der Waals surface area contributed by atoms with E-state index in [1.54, 1.807) is 0 Å². The summed E-state index contributed by atoms with van der Waals surface area (Å²) in [6.07, 6.45) is 4.10. The number of carbonyl (C=O) groups is 2. The van der Waals surface area contributed by atoms with Gasteiger partial charge >= 0.3 is 0 Å². The minimum Gasteiger partial charge on any atom is -0.351 e. The first-order valence-electron chi connectivity index (χ1n) is 8.45. The van der Waals surface area contributed by atoms with Gasteiger partial charge in [-0.2, -0.15) is 0 Å². The molecule has 0 bridgehead atoms. The van der Waals surface area contributed by atoms with E-state index in [-0.39, 0.29) is 23.8 Å². The van der Waals surface area contributed by atoms with Crippen LogP contribution in [-0.2, 0) is 9.59 Å². The van der Waals surface area contributed by atoms with Gasteiger partial charge in [0.15, 0.2) is 0 Å². The molecule has 1 fully saturated rings. The van der Waals surface area contributed by atoms with Gasteiger partial charge in [0.1, 0.15) is 4.32 Å². The van der Waals surface area contributed by atoms with Crippen molar-refractivity contribution in [3.8, 4) is 0 Å². The Balaban J connectivity index is 2.01. The second-order valence-electron chi connectivity index (χ2n) is 7.18. The highest BCUT2D eigenvalue weighted by molar-refractivity contribution is 8.26. The number of amides is 2. The Morgan fingerprint density at radius 2 is 1.92 bits per heavy atom. The molecule has 0 aromatic heterocycles. The van der Waals surface area contributed by atoms with Crippen LogP contribution in [0.5, 0.6) is 0 Å². The van der Waals surface area contributed by atoms with E-state index in [1.807, 2.05) is 70.2 Å². The molecule has 26 heavy (non-hydrogen) atoms. The molecule has 0 radical (unpaired) electrons. The fourth-order valence-corrected chi connectivity index (χ4v) is 3.81. The van der Waals surface area contributed by atoms with Crippen LogP contribution in [-0.4, -0.2) is 33.1 Å². The van der Waals surface area contributed by atoms with E-state index in [2.05, 4.69) is 5.32 Å². The summed E-state index contributed by atoms with van der Waals surface area (Å²) in [5.41, 5.74) is 1.77. The number of hydrogen-bond acceptors (Lipinski definition) is 4. The molecule has 1 aliphatic heterocycles. The molecular weight excluding hydrogens is 364 g/mol. The lowest BCUT2D eigenvalue weighted by Crippen LogP contribution is -2.42. The first kappa shape index (κ1) is 20.4. The zero-order chi connectivity index (χ0) is 19.3. The third-order valence-electron chi connectivity index (χ3n) is 3.50. The lowest BCUT2D eigenvalue weighted by molar-refractivity contribution is -0.124. The van der Waals surface area contributed by atoms with E-state index in [9.17, 15) is 9.59 Å². The predicted molar refractivity (Wildman–Crippen MR) is 113 cm³/mol. The summed E-state index contributed by atoms with van der Waals surface area (Å²) in [7, 11) is 0. The number of allylic oxidation sites excluding steroid dienone is 2. The smallest absolute Gasteiger partial charge is 0.266 e. The third-order valence-corrected chi connectivity index (χ3v) is 4.88. The van der Waals surface area contributed by atoms with Gasteiger partial charge in [0.25, 0.3) is 5.91 Å². The molecular formula is C20H24N2O2S2. The van der Waals surface area contributed by atoms with Crippen LogP contribution in [0.1, 0.15) is 39.7 Å². The average molecular weight is 389 g/mol. The molecule has 0 unspecified atom stereocenters. The average Bonchev–Trinajstić information content (AvgIpc) is 2.78. The molecule has 1 N–H and O–H groups in total. The first-order chi connectivity index (χ1) is 12.2. The summed E-state index contributed by atoms with van der Waals surface area (Å²) in [4.78, 5) is 26.7. The van der Waals surface area contributed by atoms with Crippen molar-refractivity contribution in [3.63, 3.8) is 0 Å². The largest absolute Gasteiger partial charge is 0.351 e. The fourth-order valence-electron chi connectivity index (χ4n) is 2.45. The van der Waals surface area contributed by atoms with Gasteiger partial charge in [-0.25, -0.2) is 0 Å². The standard InChI is InChI=1S/C20H24N2O2S2/c1-14(12-15-8-6-5-7-9-15)13-16-18(24)22(19(25)26-16)11-10-17(23)21-20(2,3)4/h5-9,12-13H,10-11H2,1-4H3,(H,21,23)/b14-12-,16-13-. The molecule has 1 aromatic rings. The van der Waals surface area contributed by atoms with E-state index in [4.69, 9.17) is 12.2 Å². The summed E-state index contributed by atoms with van der Waals surface area (Å²) in [5.74, 6) is -0.222. The van der Waals surface area contributed by atoms with Gasteiger partial charge in [0.05, 0.1) is 4.91 Å². The number of carbonyl (C=O) groups excluding carboxylic acids is 2. The summed E-state index contributed by atoms with van der Waals surface area (Å²) < 4.78 is 0.498. The van der Waals surface area contributed by atoms with Crippen LogP contribution in [0, 0.1) is 0 Å². The Labute approximate surface area is 164 Å². The predicted octanol–water partition coefficient (Wildman–Crippen LogP) is 4.14. The van der Waals surface area contributed by atoms with Crippen molar-refractivity contribution in [1.29, 1.82) is 0 Å². The van der Waals surface area contributed by atoms with Gasteiger partial charge in [-0.3, -0.25) is 14.5 Å². The number of rotatable bonds is 5. The number of hydrogen-bond donors (Lipinski definition) is 1. The topological polar surface area (TPSA) is 49.4 Å². The van der Waals surface area contributed by atoms with Gasteiger partial charge in [0.2, 0.25) is 5.91 Å². The van der Waals surface area contributed by atoms with E-state index in [0.29, 0.717) is 15.8 Å². The molecule has 0 spiro atoms. The SMILES string of the molecule is CC(=C/c1ccccc1)/C=C1\SC(=S)N(CCC(=O)NC(C)(C)C)C1=O. The highest BCUT2D eigenvalue weighted by Crippen LogP contribution is 2.32. The molecule has 1 aliphatic rings. The van der Waals surface area contributed by atoms with Crippen molar-refractivity contribution < 1.29 is 9.59 Å². The van der Waals surface area contributed by atoms with Crippen molar-refractivity contribution in [3.05, 3.63) is 52.4 Å². The maximum absolute atomic E-state index is 12.6. The van der Waals surface area contributed by atoms with E-state index < -0.39 is 0 Å². The van der Waals surface area contributed by atoms with Crippen molar-refractivity contribution >= 4 is 46.2 Å². The summed E-state index contributed by atoms with van der Waals surface area (Å²) >= 11 is 6.60. The van der Waals surface area contributed by atoms with Crippen LogP contribution < -0.4 is 5.32 Å². The molecule has 2 amide bonds. The van der Waals surface area contributed by atoms with Gasteiger partial charge < -0.3 is 5.32 Å².